The molecule has 10 nitrogen and oxygen atoms in total. The zero-order chi connectivity index (χ0) is 32.3. The van der Waals surface area contributed by atoms with Gasteiger partial charge in [0.2, 0.25) is 11.8 Å². The molecular formula is C33H43N3O7S. The Kier molecular flexibility index (Phi) is 12.5. The van der Waals surface area contributed by atoms with Gasteiger partial charge >= 0.3 is 0 Å². The predicted octanol–water partition coefficient (Wildman–Crippen LogP) is 4.94. The average Bonchev–Trinajstić information content (AvgIpc) is 3.03. The van der Waals surface area contributed by atoms with Gasteiger partial charge in [-0.15, -0.1) is 0 Å². The summed E-state index contributed by atoms with van der Waals surface area (Å²) in [5.74, 6) is 0.416. The van der Waals surface area contributed by atoms with E-state index in [1.807, 2.05) is 32.9 Å². The molecule has 0 aliphatic rings. The summed E-state index contributed by atoms with van der Waals surface area (Å²) < 4.78 is 45.6. The first-order chi connectivity index (χ1) is 21.1. The maximum atomic E-state index is 14.3. The number of aryl methyl sites for hydroxylation is 1. The normalized spacial score (nSPS) is 11.8. The Balaban J connectivity index is 2.12. The van der Waals surface area contributed by atoms with Crippen LogP contribution in [-0.2, 0) is 26.2 Å². The molecule has 0 fully saturated rings. The minimum absolute atomic E-state index is 0.00632. The Morgan fingerprint density at radius 3 is 2.07 bits per heavy atom. The summed E-state index contributed by atoms with van der Waals surface area (Å²) in [5.41, 5.74) is 1.77. The van der Waals surface area contributed by atoms with E-state index in [9.17, 15) is 18.0 Å². The van der Waals surface area contributed by atoms with Crippen molar-refractivity contribution in [1.29, 1.82) is 0 Å². The van der Waals surface area contributed by atoms with Crippen molar-refractivity contribution < 1.29 is 32.2 Å². The van der Waals surface area contributed by atoms with E-state index in [1.54, 1.807) is 43.5 Å². The smallest absolute Gasteiger partial charge is 0.264 e. The summed E-state index contributed by atoms with van der Waals surface area (Å²) in [6, 6.07) is 17.5. The summed E-state index contributed by atoms with van der Waals surface area (Å²) in [5, 5.41) is 2.93. The van der Waals surface area contributed by atoms with Crippen molar-refractivity contribution in [2.75, 3.05) is 38.7 Å². The van der Waals surface area contributed by atoms with E-state index in [4.69, 9.17) is 14.2 Å². The van der Waals surface area contributed by atoms with Crippen LogP contribution in [0, 0.1) is 6.92 Å². The van der Waals surface area contributed by atoms with E-state index in [0.717, 1.165) is 28.3 Å². The van der Waals surface area contributed by atoms with Crippen molar-refractivity contribution in [2.45, 2.75) is 57.5 Å². The number of unbranched alkanes of at least 4 members (excludes halogenated alkanes) is 1. The lowest BCUT2D eigenvalue weighted by molar-refractivity contribution is -0.140. The van der Waals surface area contributed by atoms with Crippen LogP contribution in [0.5, 0.6) is 17.2 Å². The van der Waals surface area contributed by atoms with Crippen LogP contribution in [0.25, 0.3) is 0 Å². The van der Waals surface area contributed by atoms with Gasteiger partial charge in [0, 0.05) is 19.2 Å². The molecule has 11 heteroatoms. The van der Waals surface area contributed by atoms with Gasteiger partial charge in [-0.3, -0.25) is 13.9 Å². The zero-order valence-corrected chi connectivity index (χ0v) is 27.1. The zero-order valence-electron chi connectivity index (χ0n) is 26.3. The second kappa shape index (κ2) is 16.0. The molecule has 0 heterocycles. The molecule has 44 heavy (non-hydrogen) atoms. The third-order valence-electron chi connectivity index (χ3n) is 7.27. The van der Waals surface area contributed by atoms with Crippen molar-refractivity contribution in [1.82, 2.24) is 10.2 Å². The van der Waals surface area contributed by atoms with Gasteiger partial charge < -0.3 is 24.4 Å². The number of amides is 2. The van der Waals surface area contributed by atoms with E-state index in [-0.39, 0.29) is 28.8 Å². The number of benzene rings is 3. The standard InChI is InChI=1S/C33H43N3O7S/c1-7-9-20-34-33(38)29(8-2)35(22-25-12-14-26(41-4)15-13-25)32(37)23-36(30-21-27(42-5)16-19-31(30)43-6)44(39,40)28-17-10-24(3)11-18-28/h10-19,21,29H,7-9,20,22-23H2,1-6H3,(H,34,38)/t29-/m0/s1. The number of methoxy groups -OCH3 is 3. The fourth-order valence-electron chi connectivity index (χ4n) is 4.70. The molecule has 3 aromatic carbocycles. The molecule has 3 aromatic rings. The number of carbonyl (C=O) groups excluding carboxylic acids is 2. The van der Waals surface area contributed by atoms with Crippen LogP contribution in [0.4, 0.5) is 5.69 Å². The monoisotopic (exact) mass is 625 g/mol. The molecule has 0 radical (unpaired) electrons. The number of rotatable bonds is 16. The Morgan fingerprint density at radius 1 is 0.864 bits per heavy atom. The topological polar surface area (TPSA) is 114 Å². The first kappa shape index (κ1) is 34.2. The van der Waals surface area contributed by atoms with Crippen molar-refractivity contribution in [3.63, 3.8) is 0 Å². The quantitative estimate of drug-likeness (QED) is 0.224. The van der Waals surface area contributed by atoms with Gasteiger partial charge in [0.05, 0.1) is 31.9 Å². The van der Waals surface area contributed by atoms with Crippen molar-refractivity contribution in [3.05, 3.63) is 77.9 Å². The highest BCUT2D eigenvalue weighted by Gasteiger charge is 2.35. The van der Waals surface area contributed by atoms with E-state index < -0.39 is 28.5 Å². The molecular weight excluding hydrogens is 582 g/mol. The lowest BCUT2D eigenvalue weighted by Gasteiger charge is -2.33. The number of sulfonamides is 1. The summed E-state index contributed by atoms with van der Waals surface area (Å²) >= 11 is 0. The third-order valence-corrected chi connectivity index (χ3v) is 9.04. The highest BCUT2D eigenvalue weighted by molar-refractivity contribution is 7.92. The minimum atomic E-state index is -4.28. The van der Waals surface area contributed by atoms with Crippen LogP contribution in [0.15, 0.2) is 71.6 Å². The first-order valence-electron chi connectivity index (χ1n) is 14.6. The van der Waals surface area contributed by atoms with Crippen molar-refractivity contribution in [3.8, 4) is 17.2 Å². The molecule has 238 valence electrons. The Morgan fingerprint density at radius 2 is 1.50 bits per heavy atom. The highest BCUT2D eigenvalue weighted by atomic mass is 32.2. The molecule has 0 bridgehead atoms. The Hall–Kier alpha value is -4.25. The third kappa shape index (κ3) is 8.43. The molecule has 0 spiro atoms. The van der Waals surface area contributed by atoms with Gasteiger partial charge in [-0.05, 0) is 61.7 Å². The molecule has 0 saturated carbocycles. The second-order valence-corrected chi connectivity index (χ2v) is 12.2. The maximum Gasteiger partial charge on any atom is 0.264 e. The minimum Gasteiger partial charge on any atom is -0.497 e. The van der Waals surface area contributed by atoms with E-state index in [1.165, 1.54) is 37.3 Å². The lowest BCUT2D eigenvalue weighted by atomic mass is 10.1. The number of nitrogens with one attached hydrogen (secondary N) is 1. The number of hydrogen-bond donors (Lipinski definition) is 1. The number of hydrogen-bond acceptors (Lipinski definition) is 7. The molecule has 0 aliphatic heterocycles. The van der Waals surface area contributed by atoms with Gasteiger partial charge in [0.15, 0.2) is 0 Å². The van der Waals surface area contributed by atoms with Crippen LogP contribution >= 0.6 is 0 Å². The number of carbonyl (C=O) groups is 2. The van der Waals surface area contributed by atoms with Crippen LogP contribution in [0.3, 0.4) is 0 Å². The van der Waals surface area contributed by atoms with Crippen molar-refractivity contribution in [2.24, 2.45) is 0 Å². The molecule has 0 aliphatic carbocycles. The molecule has 3 rings (SSSR count). The summed E-state index contributed by atoms with van der Waals surface area (Å²) in [6.07, 6.45) is 2.03. The summed E-state index contributed by atoms with van der Waals surface area (Å²) in [4.78, 5) is 29.1. The van der Waals surface area contributed by atoms with Gasteiger partial charge in [-0.1, -0.05) is 50.1 Å². The SMILES string of the molecule is CCCCNC(=O)[C@H](CC)N(Cc1ccc(OC)cc1)C(=O)CN(c1cc(OC)ccc1OC)S(=O)(=O)c1ccc(C)cc1. The Bertz CT molecular complexity index is 1490. The molecule has 1 N–H and O–H groups in total. The van der Waals surface area contributed by atoms with Gasteiger partial charge in [0.1, 0.15) is 29.8 Å². The van der Waals surface area contributed by atoms with Crippen LogP contribution in [0.2, 0.25) is 0 Å². The summed E-state index contributed by atoms with van der Waals surface area (Å²) in [7, 11) is 0.180. The number of ether oxygens (including phenoxy) is 3. The van der Waals surface area contributed by atoms with Gasteiger partial charge in [-0.25, -0.2) is 8.42 Å². The molecule has 0 aromatic heterocycles. The van der Waals surface area contributed by atoms with Gasteiger partial charge in [-0.2, -0.15) is 0 Å². The average molecular weight is 626 g/mol. The van der Waals surface area contributed by atoms with Gasteiger partial charge in [0.25, 0.3) is 10.0 Å². The number of nitrogens with zero attached hydrogens (tertiary/aromatic N) is 2. The van der Waals surface area contributed by atoms with Crippen LogP contribution in [-0.4, -0.2) is 65.6 Å². The van der Waals surface area contributed by atoms with E-state index in [0.29, 0.717) is 24.5 Å². The Labute approximate surface area is 261 Å². The van der Waals surface area contributed by atoms with E-state index >= 15 is 0 Å². The molecule has 2 amide bonds. The van der Waals surface area contributed by atoms with Crippen molar-refractivity contribution >= 4 is 27.5 Å². The van der Waals surface area contributed by atoms with E-state index in [2.05, 4.69) is 5.32 Å². The second-order valence-electron chi connectivity index (χ2n) is 10.3. The first-order valence-corrected chi connectivity index (χ1v) is 16.0. The fourth-order valence-corrected chi connectivity index (χ4v) is 6.11. The summed E-state index contributed by atoms with van der Waals surface area (Å²) in [6.45, 7) is 5.68. The predicted molar refractivity (Wildman–Crippen MR) is 171 cm³/mol. The van der Waals surface area contributed by atoms with Crippen LogP contribution in [0.1, 0.15) is 44.2 Å². The molecule has 0 saturated heterocycles. The lowest BCUT2D eigenvalue weighted by Crippen LogP contribution is -2.52. The maximum absolute atomic E-state index is 14.3. The van der Waals surface area contributed by atoms with Crippen LogP contribution < -0.4 is 23.8 Å². The molecule has 1 atom stereocenters. The highest BCUT2D eigenvalue weighted by Crippen LogP contribution is 2.36. The largest absolute Gasteiger partial charge is 0.497 e. The fraction of sp³-hybridized carbons (Fsp3) is 0.394. The number of anilines is 1. The molecule has 0 unspecified atom stereocenters.